The Labute approximate surface area is 78.7 Å². The minimum Gasteiger partial charge on any atom is -0.482 e. The molecule has 3 nitrogen and oxygen atoms in total. The van der Waals surface area contributed by atoms with Crippen molar-refractivity contribution in [2.45, 2.75) is 12.7 Å². The maximum absolute atomic E-state index is 11.8. The Balaban J connectivity index is 2.67. The maximum atomic E-state index is 11.8. The Morgan fingerprint density at radius 2 is 2.14 bits per heavy atom. The molecule has 1 aromatic heterocycles. The van der Waals surface area contributed by atoms with Crippen LogP contribution in [0.15, 0.2) is 18.5 Å². The van der Waals surface area contributed by atoms with Crippen molar-refractivity contribution in [3.8, 4) is 5.75 Å². The number of rotatable bonds is 3. The van der Waals surface area contributed by atoms with Gasteiger partial charge in [0.05, 0.1) is 6.20 Å². The van der Waals surface area contributed by atoms with E-state index >= 15 is 0 Å². The SMILES string of the molecule is NCc1ccncc1OCC(F)(F)F. The van der Waals surface area contributed by atoms with E-state index in [4.69, 9.17) is 5.73 Å². The molecule has 0 spiro atoms. The summed E-state index contributed by atoms with van der Waals surface area (Å²) in [6.45, 7) is -1.21. The van der Waals surface area contributed by atoms with Gasteiger partial charge in [0.1, 0.15) is 5.75 Å². The van der Waals surface area contributed by atoms with Gasteiger partial charge in [-0.25, -0.2) is 0 Å². The molecule has 6 heteroatoms. The summed E-state index contributed by atoms with van der Waals surface area (Å²) in [4.78, 5) is 3.65. The molecule has 1 rings (SSSR count). The minimum atomic E-state index is -4.35. The van der Waals surface area contributed by atoms with Crippen LogP contribution in [-0.4, -0.2) is 17.8 Å². The molecule has 0 unspecified atom stereocenters. The highest BCUT2D eigenvalue weighted by Gasteiger charge is 2.28. The third kappa shape index (κ3) is 3.21. The summed E-state index contributed by atoms with van der Waals surface area (Å²) in [5.74, 6) is 0.0762. The smallest absolute Gasteiger partial charge is 0.422 e. The van der Waals surface area contributed by atoms with Crippen LogP contribution in [0.4, 0.5) is 13.2 Å². The van der Waals surface area contributed by atoms with Gasteiger partial charge in [-0.3, -0.25) is 4.98 Å². The van der Waals surface area contributed by atoms with Gasteiger partial charge in [0.2, 0.25) is 0 Å². The van der Waals surface area contributed by atoms with Crippen LogP contribution in [0.1, 0.15) is 5.56 Å². The molecule has 0 aliphatic rings. The molecule has 1 aromatic rings. The Morgan fingerprint density at radius 3 is 2.71 bits per heavy atom. The molecule has 0 fully saturated rings. The van der Waals surface area contributed by atoms with Gasteiger partial charge in [0.25, 0.3) is 0 Å². The summed E-state index contributed by atoms with van der Waals surface area (Å²) >= 11 is 0. The first kappa shape index (κ1) is 10.8. The lowest BCUT2D eigenvalue weighted by molar-refractivity contribution is -0.153. The van der Waals surface area contributed by atoms with Crippen molar-refractivity contribution >= 4 is 0 Å². The third-order valence-corrected chi connectivity index (χ3v) is 1.48. The van der Waals surface area contributed by atoms with Crippen LogP contribution in [0.3, 0.4) is 0 Å². The molecule has 0 aromatic carbocycles. The highest BCUT2D eigenvalue weighted by Crippen LogP contribution is 2.20. The number of hydrogen-bond acceptors (Lipinski definition) is 3. The molecule has 0 aliphatic heterocycles. The maximum Gasteiger partial charge on any atom is 0.422 e. The van der Waals surface area contributed by atoms with E-state index in [2.05, 4.69) is 9.72 Å². The standard InChI is InChI=1S/C8H9F3N2O/c9-8(10,11)5-14-7-4-13-2-1-6(7)3-12/h1-2,4H,3,5,12H2. The van der Waals surface area contributed by atoms with Crippen LogP contribution in [0.2, 0.25) is 0 Å². The van der Waals surface area contributed by atoms with Gasteiger partial charge in [-0.1, -0.05) is 0 Å². The number of alkyl halides is 3. The second-order valence-electron chi connectivity index (χ2n) is 2.59. The Bertz CT molecular complexity index is 301. The van der Waals surface area contributed by atoms with E-state index in [0.717, 1.165) is 0 Å². The lowest BCUT2D eigenvalue weighted by Crippen LogP contribution is -2.20. The Kier molecular flexibility index (Phi) is 3.29. The second kappa shape index (κ2) is 4.28. The normalized spacial score (nSPS) is 11.4. The molecular weight excluding hydrogens is 197 g/mol. The van der Waals surface area contributed by atoms with Gasteiger partial charge in [-0.2, -0.15) is 13.2 Å². The van der Waals surface area contributed by atoms with Gasteiger partial charge in [-0.15, -0.1) is 0 Å². The van der Waals surface area contributed by atoms with Gasteiger partial charge in [0, 0.05) is 18.3 Å². The van der Waals surface area contributed by atoms with E-state index in [-0.39, 0.29) is 12.3 Å². The third-order valence-electron chi connectivity index (χ3n) is 1.48. The Hall–Kier alpha value is -1.30. The zero-order valence-corrected chi connectivity index (χ0v) is 7.21. The van der Waals surface area contributed by atoms with Crippen molar-refractivity contribution in [1.29, 1.82) is 0 Å². The van der Waals surface area contributed by atoms with Crippen molar-refractivity contribution in [3.05, 3.63) is 24.0 Å². The van der Waals surface area contributed by atoms with E-state index in [0.29, 0.717) is 5.56 Å². The molecular formula is C8H9F3N2O. The van der Waals surface area contributed by atoms with Crippen molar-refractivity contribution < 1.29 is 17.9 Å². The summed E-state index contributed by atoms with van der Waals surface area (Å²) in [6, 6.07) is 1.52. The number of ether oxygens (including phenoxy) is 1. The largest absolute Gasteiger partial charge is 0.482 e. The first-order chi connectivity index (χ1) is 6.53. The molecule has 0 atom stereocenters. The summed E-state index contributed by atoms with van der Waals surface area (Å²) in [5, 5.41) is 0. The number of nitrogens with two attached hydrogens (primary N) is 1. The molecule has 1 heterocycles. The average Bonchev–Trinajstić information content (AvgIpc) is 2.14. The zero-order chi connectivity index (χ0) is 10.6. The highest BCUT2D eigenvalue weighted by molar-refractivity contribution is 5.29. The average molecular weight is 206 g/mol. The number of pyridine rings is 1. The number of nitrogens with zero attached hydrogens (tertiary/aromatic N) is 1. The minimum absolute atomic E-state index is 0.0762. The topological polar surface area (TPSA) is 48.1 Å². The number of halogens is 3. The fraction of sp³-hybridized carbons (Fsp3) is 0.375. The molecule has 2 N–H and O–H groups in total. The molecule has 0 aliphatic carbocycles. The van der Waals surface area contributed by atoms with Crippen molar-refractivity contribution in [2.75, 3.05) is 6.61 Å². The summed E-state index contributed by atoms with van der Waals surface area (Å²) in [5.41, 5.74) is 5.80. The predicted molar refractivity (Wildman–Crippen MR) is 43.7 cm³/mol. The van der Waals surface area contributed by atoms with Crippen molar-refractivity contribution in [2.24, 2.45) is 5.73 Å². The fourth-order valence-corrected chi connectivity index (χ4v) is 0.867. The quantitative estimate of drug-likeness (QED) is 0.814. The highest BCUT2D eigenvalue weighted by atomic mass is 19.4. The van der Waals surface area contributed by atoms with Crippen molar-refractivity contribution in [1.82, 2.24) is 4.98 Å². The molecule has 0 radical (unpaired) electrons. The second-order valence-corrected chi connectivity index (χ2v) is 2.59. The van der Waals surface area contributed by atoms with E-state index in [9.17, 15) is 13.2 Å². The van der Waals surface area contributed by atoms with Crippen LogP contribution in [-0.2, 0) is 6.54 Å². The van der Waals surface area contributed by atoms with Crippen LogP contribution >= 0.6 is 0 Å². The molecule has 0 saturated carbocycles. The van der Waals surface area contributed by atoms with E-state index in [1.807, 2.05) is 0 Å². The summed E-state index contributed by atoms with van der Waals surface area (Å²) in [6.07, 6.45) is -1.68. The van der Waals surface area contributed by atoms with Gasteiger partial charge < -0.3 is 10.5 Å². The van der Waals surface area contributed by atoms with Crippen LogP contribution in [0.25, 0.3) is 0 Å². The first-order valence-electron chi connectivity index (χ1n) is 3.85. The molecule has 0 amide bonds. The zero-order valence-electron chi connectivity index (χ0n) is 7.21. The summed E-state index contributed by atoms with van der Waals surface area (Å²) < 4.78 is 39.9. The molecule has 14 heavy (non-hydrogen) atoms. The van der Waals surface area contributed by atoms with Gasteiger partial charge in [0.15, 0.2) is 6.61 Å². The summed E-state index contributed by atoms with van der Waals surface area (Å²) in [7, 11) is 0. The molecule has 0 saturated heterocycles. The molecule has 78 valence electrons. The van der Waals surface area contributed by atoms with Crippen LogP contribution < -0.4 is 10.5 Å². The van der Waals surface area contributed by atoms with Gasteiger partial charge in [-0.05, 0) is 6.07 Å². The van der Waals surface area contributed by atoms with E-state index in [1.165, 1.54) is 18.5 Å². The first-order valence-corrected chi connectivity index (χ1v) is 3.85. The lowest BCUT2D eigenvalue weighted by atomic mass is 10.2. The number of hydrogen-bond donors (Lipinski definition) is 1. The Morgan fingerprint density at radius 1 is 1.43 bits per heavy atom. The van der Waals surface area contributed by atoms with Crippen LogP contribution in [0, 0.1) is 0 Å². The van der Waals surface area contributed by atoms with Crippen LogP contribution in [0.5, 0.6) is 5.75 Å². The van der Waals surface area contributed by atoms with E-state index < -0.39 is 12.8 Å². The molecule has 0 bridgehead atoms. The monoisotopic (exact) mass is 206 g/mol. The van der Waals surface area contributed by atoms with E-state index in [1.54, 1.807) is 0 Å². The fourth-order valence-electron chi connectivity index (χ4n) is 0.867. The van der Waals surface area contributed by atoms with Gasteiger partial charge >= 0.3 is 6.18 Å². The lowest BCUT2D eigenvalue weighted by Gasteiger charge is -2.11. The number of aromatic nitrogens is 1. The predicted octanol–water partition coefficient (Wildman–Crippen LogP) is 1.48. The van der Waals surface area contributed by atoms with Crippen molar-refractivity contribution in [3.63, 3.8) is 0 Å².